The SMILES string of the molecule is Cc1ccc(-c2ccc(S)o2)cc1C. The second kappa shape index (κ2) is 3.54. The van der Waals surface area contributed by atoms with Crippen molar-refractivity contribution in [2.45, 2.75) is 18.9 Å². The maximum Gasteiger partial charge on any atom is 0.157 e. The summed E-state index contributed by atoms with van der Waals surface area (Å²) in [5.41, 5.74) is 3.68. The van der Waals surface area contributed by atoms with Gasteiger partial charge in [0, 0.05) is 5.56 Å². The number of furan rings is 1. The summed E-state index contributed by atoms with van der Waals surface area (Å²) in [5.74, 6) is 0.873. The van der Waals surface area contributed by atoms with E-state index < -0.39 is 0 Å². The molecule has 2 aromatic rings. The van der Waals surface area contributed by atoms with Crippen molar-refractivity contribution in [1.29, 1.82) is 0 Å². The van der Waals surface area contributed by atoms with Crippen LogP contribution in [0.4, 0.5) is 0 Å². The molecule has 0 spiro atoms. The standard InChI is InChI=1S/C12H12OS/c1-8-3-4-10(7-9(8)2)11-5-6-12(14)13-11/h3-7,14H,1-2H3. The summed E-state index contributed by atoms with van der Waals surface area (Å²) >= 11 is 4.13. The lowest BCUT2D eigenvalue weighted by molar-refractivity contribution is 0.490. The Bertz CT molecular complexity index is 457. The van der Waals surface area contributed by atoms with Crippen molar-refractivity contribution >= 4 is 12.6 Å². The van der Waals surface area contributed by atoms with Crippen molar-refractivity contribution in [3.8, 4) is 11.3 Å². The fraction of sp³-hybridized carbons (Fsp3) is 0.167. The molecule has 0 aliphatic heterocycles. The van der Waals surface area contributed by atoms with E-state index in [1.54, 1.807) is 0 Å². The third-order valence-electron chi connectivity index (χ3n) is 2.38. The molecule has 1 nitrogen and oxygen atoms in total. The molecule has 72 valence electrons. The van der Waals surface area contributed by atoms with E-state index in [2.05, 4.69) is 44.7 Å². The predicted molar refractivity (Wildman–Crippen MR) is 60.9 cm³/mol. The van der Waals surface area contributed by atoms with E-state index in [0.717, 1.165) is 11.3 Å². The fourth-order valence-electron chi connectivity index (χ4n) is 1.38. The van der Waals surface area contributed by atoms with Gasteiger partial charge in [-0.1, -0.05) is 12.1 Å². The lowest BCUT2D eigenvalue weighted by atomic mass is 10.1. The first-order valence-corrected chi connectivity index (χ1v) is 4.98. The first-order valence-electron chi connectivity index (χ1n) is 4.53. The average molecular weight is 204 g/mol. The van der Waals surface area contributed by atoms with E-state index in [0.29, 0.717) is 5.09 Å². The van der Waals surface area contributed by atoms with Crippen molar-refractivity contribution in [2.24, 2.45) is 0 Å². The number of benzene rings is 1. The molecular formula is C12H12OS. The summed E-state index contributed by atoms with van der Waals surface area (Å²) in [7, 11) is 0. The predicted octanol–water partition coefficient (Wildman–Crippen LogP) is 3.85. The molecule has 0 saturated heterocycles. The highest BCUT2D eigenvalue weighted by Crippen LogP contribution is 2.25. The van der Waals surface area contributed by atoms with Gasteiger partial charge in [0.2, 0.25) is 0 Å². The summed E-state index contributed by atoms with van der Waals surface area (Å²) in [5, 5.41) is 0.651. The average Bonchev–Trinajstić information content (AvgIpc) is 2.57. The molecule has 2 heteroatoms. The molecule has 1 heterocycles. The van der Waals surface area contributed by atoms with Gasteiger partial charge in [-0.15, -0.1) is 12.6 Å². The van der Waals surface area contributed by atoms with Crippen molar-refractivity contribution in [3.63, 3.8) is 0 Å². The lowest BCUT2D eigenvalue weighted by Crippen LogP contribution is -1.81. The minimum atomic E-state index is 0.651. The van der Waals surface area contributed by atoms with Gasteiger partial charge >= 0.3 is 0 Å². The van der Waals surface area contributed by atoms with Gasteiger partial charge < -0.3 is 4.42 Å². The van der Waals surface area contributed by atoms with E-state index in [4.69, 9.17) is 4.42 Å². The topological polar surface area (TPSA) is 13.1 Å². The molecule has 0 unspecified atom stereocenters. The van der Waals surface area contributed by atoms with Crippen LogP contribution in [0.15, 0.2) is 39.8 Å². The van der Waals surface area contributed by atoms with Gasteiger partial charge in [0.25, 0.3) is 0 Å². The number of rotatable bonds is 1. The smallest absolute Gasteiger partial charge is 0.157 e. The van der Waals surface area contributed by atoms with Crippen LogP contribution in [0.1, 0.15) is 11.1 Å². The minimum absolute atomic E-state index is 0.651. The van der Waals surface area contributed by atoms with E-state index in [1.807, 2.05) is 12.1 Å². The molecule has 0 aliphatic rings. The van der Waals surface area contributed by atoms with Crippen LogP contribution in [0.5, 0.6) is 0 Å². The summed E-state index contributed by atoms with van der Waals surface area (Å²) in [6.07, 6.45) is 0. The van der Waals surface area contributed by atoms with Crippen molar-refractivity contribution in [3.05, 3.63) is 41.5 Å². The first kappa shape index (κ1) is 9.41. The van der Waals surface area contributed by atoms with Gasteiger partial charge in [-0.05, 0) is 43.2 Å². The molecule has 1 aromatic heterocycles. The van der Waals surface area contributed by atoms with Crippen LogP contribution in [0.3, 0.4) is 0 Å². The van der Waals surface area contributed by atoms with Crippen molar-refractivity contribution < 1.29 is 4.42 Å². The van der Waals surface area contributed by atoms with Crippen LogP contribution in [-0.4, -0.2) is 0 Å². The Kier molecular flexibility index (Phi) is 2.38. The molecule has 0 N–H and O–H groups in total. The van der Waals surface area contributed by atoms with Crippen LogP contribution in [-0.2, 0) is 0 Å². The van der Waals surface area contributed by atoms with Crippen LogP contribution in [0.25, 0.3) is 11.3 Å². The number of hydrogen-bond acceptors (Lipinski definition) is 2. The quantitative estimate of drug-likeness (QED) is 0.696. The van der Waals surface area contributed by atoms with Crippen molar-refractivity contribution in [1.82, 2.24) is 0 Å². The Morgan fingerprint density at radius 3 is 2.36 bits per heavy atom. The summed E-state index contributed by atoms with van der Waals surface area (Å²) < 4.78 is 5.43. The lowest BCUT2D eigenvalue weighted by Gasteiger charge is -2.02. The van der Waals surface area contributed by atoms with E-state index in [9.17, 15) is 0 Å². The highest BCUT2D eigenvalue weighted by molar-refractivity contribution is 7.80. The maximum atomic E-state index is 5.43. The second-order valence-corrected chi connectivity index (χ2v) is 3.88. The van der Waals surface area contributed by atoms with E-state index in [1.165, 1.54) is 11.1 Å². The van der Waals surface area contributed by atoms with E-state index in [-0.39, 0.29) is 0 Å². The zero-order valence-electron chi connectivity index (χ0n) is 8.24. The molecule has 0 amide bonds. The highest BCUT2D eigenvalue weighted by atomic mass is 32.1. The number of hydrogen-bond donors (Lipinski definition) is 1. The molecule has 2 rings (SSSR count). The number of thiol groups is 1. The van der Waals surface area contributed by atoms with Gasteiger partial charge in [-0.25, -0.2) is 0 Å². The normalized spacial score (nSPS) is 10.5. The molecule has 0 radical (unpaired) electrons. The van der Waals surface area contributed by atoms with E-state index >= 15 is 0 Å². The Morgan fingerprint density at radius 2 is 1.79 bits per heavy atom. The highest BCUT2D eigenvalue weighted by Gasteiger charge is 2.03. The van der Waals surface area contributed by atoms with Crippen LogP contribution >= 0.6 is 12.6 Å². The molecule has 0 bridgehead atoms. The Labute approximate surface area is 89.2 Å². The summed E-state index contributed by atoms with van der Waals surface area (Å²) in [6, 6.07) is 10.1. The third-order valence-corrected chi connectivity index (χ3v) is 2.62. The molecule has 14 heavy (non-hydrogen) atoms. The molecule has 0 aliphatic carbocycles. The van der Waals surface area contributed by atoms with Gasteiger partial charge in [0.15, 0.2) is 5.09 Å². The molecule has 0 atom stereocenters. The van der Waals surface area contributed by atoms with Crippen LogP contribution in [0, 0.1) is 13.8 Å². The van der Waals surface area contributed by atoms with Gasteiger partial charge in [-0.3, -0.25) is 0 Å². The zero-order chi connectivity index (χ0) is 10.1. The van der Waals surface area contributed by atoms with Gasteiger partial charge in [0.1, 0.15) is 5.76 Å². The monoisotopic (exact) mass is 204 g/mol. The van der Waals surface area contributed by atoms with Crippen molar-refractivity contribution in [2.75, 3.05) is 0 Å². The third kappa shape index (κ3) is 1.70. The minimum Gasteiger partial charge on any atom is -0.450 e. The summed E-state index contributed by atoms with van der Waals surface area (Å²) in [4.78, 5) is 0. The Balaban J connectivity index is 2.47. The van der Waals surface area contributed by atoms with Gasteiger partial charge in [0.05, 0.1) is 0 Å². The first-order chi connectivity index (χ1) is 6.66. The fourth-order valence-corrected chi connectivity index (χ4v) is 1.55. The largest absolute Gasteiger partial charge is 0.450 e. The zero-order valence-corrected chi connectivity index (χ0v) is 9.14. The Morgan fingerprint density at radius 1 is 1.00 bits per heavy atom. The van der Waals surface area contributed by atoms with Gasteiger partial charge in [-0.2, -0.15) is 0 Å². The second-order valence-electron chi connectivity index (χ2n) is 3.44. The summed E-state index contributed by atoms with van der Waals surface area (Å²) in [6.45, 7) is 4.20. The van der Waals surface area contributed by atoms with Crippen LogP contribution < -0.4 is 0 Å². The number of aryl methyl sites for hydroxylation is 2. The molecule has 1 aromatic carbocycles. The Hall–Kier alpha value is -1.15. The maximum absolute atomic E-state index is 5.43. The molecular weight excluding hydrogens is 192 g/mol. The molecule has 0 saturated carbocycles. The van der Waals surface area contributed by atoms with Crippen LogP contribution in [0.2, 0.25) is 0 Å². The molecule has 0 fully saturated rings.